The minimum atomic E-state index is -3.83. The van der Waals surface area contributed by atoms with Crippen molar-refractivity contribution in [2.45, 2.75) is 24.2 Å². The fourth-order valence-corrected chi connectivity index (χ4v) is 2.93. The molecular formula is C10H15ClN2O5S. The summed E-state index contributed by atoms with van der Waals surface area (Å²) in [6.07, 6.45) is 0.339. The van der Waals surface area contributed by atoms with Crippen LogP contribution in [0.1, 0.15) is 6.92 Å². The van der Waals surface area contributed by atoms with E-state index in [4.69, 9.17) is 21.1 Å². The van der Waals surface area contributed by atoms with E-state index in [1.165, 1.54) is 14.2 Å². The molecule has 0 aromatic carbocycles. The second-order valence-electron chi connectivity index (χ2n) is 3.76. The van der Waals surface area contributed by atoms with Crippen molar-refractivity contribution in [2.24, 2.45) is 0 Å². The smallest absolute Gasteiger partial charge is 0.266 e. The predicted octanol–water partition coefficient (Wildman–Crippen LogP) is 0.314. The van der Waals surface area contributed by atoms with Crippen molar-refractivity contribution in [3.8, 4) is 0 Å². The van der Waals surface area contributed by atoms with Gasteiger partial charge in [-0.3, -0.25) is 4.79 Å². The molecule has 0 aliphatic heterocycles. The first-order valence-electron chi connectivity index (χ1n) is 5.28. The van der Waals surface area contributed by atoms with Crippen LogP contribution < -0.4 is 10.3 Å². The highest BCUT2D eigenvalue weighted by Gasteiger charge is 2.24. The van der Waals surface area contributed by atoms with E-state index in [0.29, 0.717) is 0 Å². The third-order valence-electron chi connectivity index (χ3n) is 2.36. The first-order chi connectivity index (χ1) is 8.81. The number of pyridine rings is 1. The van der Waals surface area contributed by atoms with Gasteiger partial charge >= 0.3 is 0 Å². The first kappa shape index (κ1) is 16.1. The summed E-state index contributed by atoms with van der Waals surface area (Å²) in [4.78, 5) is 13.2. The van der Waals surface area contributed by atoms with E-state index in [1.807, 2.05) is 0 Å². The van der Waals surface area contributed by atoms with Gasteiger partial charge in [-0.1, -0.05) is 11.6 Å². The molecule has 0 aliphatic carbocycles. The van der Waals surface area contributed by atoms with Gasteiger partial charge in [0.15, 0.2) is 6.29 Å². The Bertz CT molecular complexity index is 582. The Labute approximate surface area is 115 Å². The molecule has 1 rings (SSSR count). The molecule has 1 heterocycles. The Kier molecular flexibility index (Phi) is 5.50. The molecule has 19 heavy (non-hydrogen) atoms. The van der Waals surface area contributed by atoms with Gasteiger partial charge in [-0.2, -0.15) is 0 Å². The highest BCUT2D eigenvalue weighted by atomic mass is 35.5. The van der Waals surface area contributed by atoms with Crippen LogP contribution in [0.25, 0.3) is 0 Å². The zero-order chi connectivity index (χ0) is 14.6. The van der Waals surface area contributed by atoms with Crippen molar-refractivity contribution in [1.82, 2.24) is 9.71 Å². The van der Waals surface area contributed by atoms with Crippen molar-refractivity contribution in [1.29, 1.82) is 0 Å². The predicted molar refractivity (Wildman–Crippen MR) is 69.7 cm³/mol. The second kappa shape index (κ2) is 6.49. The molecule has 2 N–H and O–H groups in total. The SMILES string of the molecule is COC(OC)C(C)NS(=O)(=O)c1c[nH]c(=O)c(Cl)c1. The summed E-state index contributed by atoms with van der Waals surface area (Å²) in [5, 5.41) is -0.203. The fourth-order valence-electron chi connectivity index (χ4n) is 1.47. The van der Waals surface area contributed by atoms with Gasteiger partial charge in [-0.05, 0) is 13.0 Å². The highest BCUT2D eigenvalue weighted by molar-refractivity contribution is 7.89. The average molecular weight is 311 g/mol. The minimum Gasteiger partial charge on any atom is -0.354 e. The number of aromatic amines is 1. The van der Waals surface area contributed by atoms with E-state index >= 15 is 0 Å². The molecule has 1 aromatic rings. The van der Waals surface area contributed by atoms with Crippen LogP contribution >= 0.6 is 11.6 Å². The maximum absolute atomic E-state index is 12.0. The van der Waals surface area contributed by atoms with Gasteiger partial charge in [0.25, 0.3) is 5.56 Å². The number of nitrogens with one attached hydrogen (secondary N) is 2. The monoisotopic (exact) mass is 310 g/mol. The number of hydrogen-bond acceptors (Lipinski definition) is 5. The van der Waals surface area contributed by atoms with E-state index in [-0.39, 0.29) is 9.92 Å². The molecule has 0 saturated heterocycles. The van der Waals surface area contributed by atoms with Crippen molar-refractivity contribution < 1.29 is 17.9 Å². The van der Waals surface area contributed by atoms with E-state index in [2.05, 4.69) is 9.71 Å². The number of aromatic nitrogens is 1. The maximum Gasteiger partial charge on any atom is 0.266 e. The first-order valence-corrected chi connectivity index (χ1v) is 7.14. The minimum absolute atomic E-state index is 0.144. The molecule has 0 fully saturated rings. The van der Waals surface area contributed by atoms with Crippen molar-refractivity contribution in [3.05, 3.63) is 27.6 Å². The lowest BCUT2D eigenvalue weighted by Crippen LogP contribution is -2.42. The van der Waals surface area contributed by atoms with Crippen LogP contribution in [0.15, 0.2) is 22.0 Å². The quantitative estimate of drug-likeness (QED) is 0.737. The van der Waals surface area contributed by atoms with Crippen LogP contribution in [0.2, 0.25) is 5.02 Å². The molecule has 9 heteroatoms. The number of ether oxygens (including phenoxy) is 2. The Morgan fingerprint density at radius 3 is 2.42 bits per heavy atom. The van der Waals surface area contributed by atoms with Crippen LogP contribution in [0.3, 0.4) is 0 Å². The van der Waals surface area contributed by atoms with Gasteiger partial charge in [0.1, 0.15) is 5.02 Å². The summed E-state index contributed by atoms with van der Waals surface area (Å²) in [6, 6.07) is 0.454. The lowest BCUT2D eigenvalue weighted by atomic mass is 10.3. The van der Waals surface area contributed by atoms with E-state index in [0.717, 1.165) is 12.3 Å². The van der Waals surface area contributed by atoms with E-state index < -0.39 is 27.9 Å². The topological polar surface area (TPSA) is 97.5 Å². The van der Waals surface area contributed by atoms with Crippen molar-refractivity contribution in [2.75, 3.05) is 14.2 Å². The molecule has 1 atom stereocenters. The standard InChI is InChI=1S/C10H15ClN2O5S/c1-6(10(17-2)18-3)13-19(15,16)7-4-8(11)9(14)12-5-7/h4-6,10,13H,1-3H3,(H,12,14). The average Bonchev–Trinajstić information content (AvgIpc) is 2.33. The molecule has 0 saturated carbocycles. The summed E-state index contributed by atoms with van der Waals surface area (Å²) >= 11 is 5.59. The maximum atomic E-state index is 12.0. The van der Waals surface area contributed by atoms with Gasteiger partial charge < -0.3 is 14.5 Å². The Hall–Kier alpha value is -0.930. The molecule has 0 radical (unpaired) electrons. The third-order valence-corrected chi connectivity index (χ3v) is 4.17. The molecule has 0 amide bonds. The van der Waals surface area contributed by atoms with Crippen molar-refractivity contribution >= 4 is 21.6 Å². The highest BCUT2D eigenvalue weighted by Crippen LogP contribution is 2.12. The van der Waals surface area contributed by atoms with Crippen LogP contribution in [0.4, 0.5) is 0 Å². The molecule has 7 nitrogen and oxygen atoms in total. The van der Waals surface area contributed by atoms with Crippen LogP contribution in [-0.2, 0) is 19.5 Å². The van der Waals surface area contributed by atoms with Gasteiger partial charge in [0, 0.05) is 20.4 Å². The Morgan fingerprint density at radius 2 is 1.95 bits per heavy atom. The van der Waals surface area contributed by atoms with E-state index in [9.17, 15) is 13.2 Å². The Balaban J connectivity index is 2.98. The van der Waals surface area contributed by atoms with Crippen LogP contribution in [0, 0.1) is 0 Å². The largest absolute Gasteiger partial charge is 0.354 e. The zero-order valence-corrected chi connectivity index (χ0v) is 12.2. The lowest BCUT2D eigenvalue weighted by molar-refractivity contribution is -0.115. The fraction of sp³-hybridized carbons (Fsp3) is 0.500. The third kappa shape index (κ3) is 4.02. The summed E-state index contributed by atoms with van der Waals surface area (Å²) in [6.45, 7) is 1.59. The van der Waals surface area contributed by atoms with Gasteiger partial charge in [-0.25, -0.2) is 13.1 Å². The number of rotatable bonds is 6. The molecule has 108 valence electrons. The number of hydrogen-bond donors (Lipinski definition) is 2. The summed E-state index contributed by atoms with van der Waals surface area (Å²) in [7, 11) is -1.03. The van der Waals surface area contributed by atoms with E-state index in [1.54, 1.807) is 6.92 Å². The molecular weight excluding hydrogens is 296 g/mol. The number of H-pyrrole nitrogens is 1. The number of methoxy groups -OCH3 is 2. The summed E-state index contributed by atoms with van der Waals surface area (Å²) in [5.41, 5.74) is -0.555. The normalized spacial score (nSPS) is 13.7. The van der Waals surface area contributed by atoms with Crippen LogP contribution in [0.5, 0.6) is 0 Å². The Morgan fingerprint density at radius 1 is 1.37 bits per heavy atom. The number of sulfonamides is 1. The van der Waals surface area contributed by atoms with Gasteiger partial charge in [-0.15, -0.1) is 0 Å². The summed E-state index contributed by atoms with van der Waals surface area (Å²) < 4.78 is 36.3. The number of halogens is 1. The van der Waals surface area contributed by atoms with Crippen LogP contribution in [-0.4, -0.2) is 40.0 Å². The van der Waals surface area contributed by atoms with Crippen molar-refractivity contribution in [3.63, 3.8) is 0 Å². The second-order valence-corrected chi connectivity index (χ2v) is 5.88. The molecule has 0 spiro atoms. The summed E-state index contributed by atoms with van der Waals surface area (Å²) in [5.74, 6) is 0. The molecule has 0 bridgehead atoms. The van der Waals surface area contributed by atoms with Gasteiger partial charge in [0.2, 0.25) is 10.0 Å². The molecule has 0 aliphatic rings. The lowest BCUT2D eigenvalue weighted by Gasteiger charge is -2.21. The molecule has 1 aromatic heterocycles. The van der Waals surface area contributed by atoms with Gasteiger partial charge in [0.05, 0.1) is 10.9 Å². The zero-order valence-electron chi connectivity index (χ0n) is 10.6. The molecule has 1 unspecified atom stereocenters.